The van der Waals surface area contributed by atoms with Gasteiger partial charge >= 0.3 is 0 Å². The van der Waals surface area contributed by atoms with Crippen molar-refractivity contribution in [3.63, 3.8) is 0 Å². The molecule has 4 rings (SSSR count). The van der Waals surface area contributed by atoms with E-state index in [1.807, 2.05) is 71.9 Å². The highest BCUT2D eigenvalue weighted by molar-refractivity contribution is 7.12. The third kappa shape index (κ3) is 4.52. The van der Waals surface area contributed by atoms with E-state index in [0.29, 0.717) is 11.5 Å². The van der Waals surface area contributed by atoms with Crippen molar-refractivity contribution in [2.75, 3.05) is 25.1 Å². The molecule has 146 valence electrons. The molecule has 0 atom stereocenters. The van der Waals surface area contributed by atoms with Gasteiger partial charge in [0.25, 0.3) is 5.91 Å². The number of benzene rings is 1. The summed E-state index contributed by atoms with van der Waals surface area (Å²) in [5.41, 5.74) is 1.68. The summed E-state index contributed by atoms with van der Waals surface area (Å²) in [6.07, 6.45) is 3.47. The molecule has 29 heavy (non-hydrogen) atoms. The number of carbonyl (C=O) groups excluding carboxylic acids is 1. The van der Waals surface area contributed by atoms with Crippen molar-refractivity contribution >= 4 is 23.1 Å². The van der Waals surface area contributed by atoms with Crippen LogP contribution in [0.2, 0.25) is 0 Å². The molecule has 0 unspecified atom stereocenters. The second kappa shape index (κ2) is 8.70. The summed E-state index contributed by atoms with van der Waals surface area (Å²) in [4.78, 5) is 19.4. The lowest BCUT2D eigenvalue weighted by molar-refractivity contribution is 0.0949. The van der Waals surface area contributed by atoms with Gasteiger partial charge in [0.1, 0.15) is 18.2 Å². The van der Waals surface area contributed by atoms with E-state index in [1.54, 1.807) is 18.5 Å². The van der Waals surface area contributed by atoms with Gasteiger partial charge < -0.3 is 9.64 Å². The van der Waals surface area contributed by atoms with E-state index in [4.69, 9.17) is 4.74 Å². The van der Waals surface area contributed by atoms with E-state index in [0.717, 1.165) is 29.4 Å². The fourth-order valence-corrected chi connectivity index (χ4v) is 3.48. The van der Waals surface area contributed by atoms with Gasteiger partial charge in [-0.25, -0.2) is 9.67 Å². The van der Waals surface area contributed by atoms with Crippen molar-refractivity contribution in [2.24, 2.45) is 0 Å². The molecule has 0 bridgehead atoms. The van der Waals surface area contributed by atoms with Crippen molar-refractivity contribution in [1.82, 2.24) is 14.8 Å². The van der Waals surface area contributed by atoms with E-state index >= 15 is 0 Å². The normalized spacial score (nSPS) is 10.7. The van der Waals surface area contributed by atoms with Gasteiger partial charge in [0.15, 0.2) is 0 Å². The fraction of sp³-hybridized carbons (Fsp3) is 0.136. The van der Waals surface area contributed by atoms with E-state index in [-0.39, 0.29) is 5.91 Å². The molecular weight excluding hydrogens is 384 g/mol. The third-order valence-electron chi connectivity index (χ3n) is 4.42. The Morgan fingerprint density at radius 1 is 1.10 bits per heavy atom. The molecule has 7 heteroatoms. The van der Waals surface area contributed by atoms with E-state index in [1.165, 1.54) is 16.0 Å². The first kappa shape index (κ1) is 18.9. The number of thiophene rings is 1. The molecule has 0 aliphatic carbocycles. The molecule has 0 N–H and O–H groups in total. The lowest BCUT2D eigenvalue weighted by Crippen LogP contribution is -2.24. The Morgan fingerprint density at radius 3 is 2.69 bits per heavy atom. The van der Waals surface area contributed by atoms with Crippen LogP contribution in [0.5, 0.6) is 5.75 Å². The van der Waals surface area contributed by atoms with Crippen LogP contribution < -0.4 is 9.64 Å². The molecule has 0 aliphatic heterocycles. The minimum Gasteiger partial charge on any atom is -0.492 e. The first-order valence-electron chi connectivity index (χ1n) is 9.20. The maximum atomic E-state index is 12.4. The fourth-order valence-electron chi connectivity index (χ4n) is 2.82. The predicted octanol–water partition coefficient (Wildman–Crippen LogP) is 4.21. The Morgan fingerprint density at radius 2 is 1.97 bits per heavy atom. The van der Waals surface area contributed by atoms with Crippen LogP contribution in [0, 0.1) is 0 Å². The van der Waals surface area contributed by atoms with Gasteiger partial charge in [-0.2, -0.15) is 5.10 Å². The Bertz CT molecular complexity index is 1060. The first-order chi connectivity index (χ1) is 14.2. The summed E-state index contributed by atoms with van der Waals surface area (Å²) < 4.78 is 7.21. The van der Waals surface area contributed by atoms with Crippen LogP contribution in [-0.4, -0.2) is 40.9 Å². The van der Waals surface area contributed by atoms with Crippen LogP contribution >= 0.6 is 11.3 Å². The highest BCUT2D eigenvalue weighted by Crippen LogP contribution is 2.21. The molecule has 0 fully saturated rings. The second-order valence-corrected chi connectivity index (χ2v) is 7.36. The zero-order valence-corrected chi connectivity index (χ0v) is 16.7. The highest BCUT2D eigenvalue weighted by Gasteiger charge is 2.12. The monoisotopic (exact) mass is 404 g/mol. The number of ether oxygens (including phenoxy) is 1. The van der Waals surface area contributed by atoms with Crippen LogP contribution in [-0.2, 0) is 0 Å². The standard InChI is InChI=1S/C22H20N4O2S/c1-25(21-6-2-3-12-23-21)14-15-28-18-9-7-17(8-10-18)19-11-13-26(24-19)22(27)20-5-4-16-29-20/h2-13,16H,14-15H2,1H3. The summed E-state index contributed by atoms with van der Waals surface area (Å²) in [6.45, 7) is 1.28. The smallest absolute Gasteiger partial charge is 0.288 e. The van der Waals surface area contributed by atoms with Gasteiger partial charge in [0.05, 0.1) is 17.1 Å². The summed E-state index contributed by atoms with van der Waals surface area (Å²) in [7, 11) is 1.99. The van der Waals surface area contributed by atoms with Crippen LogP contribution in [0.4, 0.5) is 5.82 Å². The SMILES string of the molecule is CN(CCOc1ccc(-c2ccn(C(=O)c3cccs3)n2)cc1)c1ccccn1. The van der Waals surface area contributed by atoms with Crippen LogP contribution in [0.3, 0.4) is 0 Å². The number of hydrogen-bond donors (Lipinski definition) is 0. The van der Waals surface area contributed by atoms with Crippen molar-refractivity contribution in [3.05, 3.63) is 83.3 Å². The highest BCUT2D eigenvalue weighted by atomic mass is 32.1. The lowest BCUT2D eigenvalue weighted by atomic mass is 10.1. The Kier molecular flexibility index (Phi) is 5.67. The first-order valence-corrected chi connectivity index (χ1v) is 10.1. The van der Waals surface area contributed by atoms with Crippen LogP contribution in [0.25, 0.3) is 11.3 Å². The Labute approximate surface area is 173 Å². The number of anilines is 1. The number of likely N-dealkylation sites (N-methyl/N-ethyl adjacent to an activating group) is 1. The summed E-state index contributed by atoms with van der Waals surface area (Å²) in [5, 5.41) is 6.28. The van der Waals surface area contributed by atoms with Crippen LogP contribution in [0.15, 0.2) is 78.4 Å². The minimum absolute atomic E-state index is 0.122. The third-order valence-corrected chi connectivity index (χ3v) is 5.27. The zero-order valence-electron chi connectivity index (χ0n) is 15.9. The predicted molar refractivity (Wildman–Crippen MR) is 115 cm³/mol. The van der Waals surface area contributed by atoms with Gasteiger partial charge in [-0.15, -0.1) is 11.3 Å². The molecule has 3 heterocycles. The van der Waals surface area contributed by atoms with Gasteiger partial charge in [0, 0.05) is 25.0 Å². The number of aromatic nitrogens is 3. The molecule has 0 saturated carbocycles. The van der Waals surface area contributed by atoms with Crippen molar-refractivity contribution in [3.8, 4) is 17.0 Å². The van der Waals surface area contributed by atoms with E-state index in [2.05, 4.69) is 10.1 Å². The molecule has 0 aliphatic rings. The van der Waals surface area contributed by atoms with Crippen molar-refractivity contribution < 1.29 is 9.53 Å². The van der Waals surface area contributed by atoms with Crippen molar-refractivity contribution in [1.29, 1.82) is 0 Å². The Balaban J connectivity index is 1.34. The molecular formula is C22H20N4O2S. The number of carbonyl (C=O) groups is 1. The number of pyridine rings is 1. The van der Waals surface area contributed by atoms with Crippen LogP contribution in [0.1, 0.15) is 9.67 Å². The molecule has 6 nitrogen and oxygen atoms in total. The zero-order chi connectivity index (χ0) is 20.1. The number of rotatable bonds is 7. The topological polar surface area (TPSA) is 60.2 Å². The quantitative estimate of drug-likeness (QED) is 0.462. The van der Waals surface area contributed by atoms with Gasteiger partial charge in [-0.3, -0.25) is 4.79 Å². The molecule has 0 amide bonds. The van der Waals surface area contributed by atoms with E-state index < -0.39 is 0 Å². The molecule has 0 saturated heterocycles. The summed E-state index contributed by atoms with van der Waals surface area (Å²) >= 11 is 1.41. The molecule has 0 spiro atoms. The average Bonchev–Trinajstić information content (AvgIpc) is 3.47. The summed E-state index contributed by atoms with van der Waals surface area (Å²) in [5.74, 6) is 1.58. The van der Waals surface area contributed by atoms with Gasteiger partial charge in [-0.1, -0.05) is 12.1 Å². The molecule has 0 radical (unpaired) electrons. The largest absolute Gasteiger partial charge is 0.492 e. The summed E-state index contributed by atoms with van der Waals surface area (Å²) in [6, 6.07) is 19.0. The van der Waals surface area contributed by atoms with Crippen molar-refractivity contribution in [2.45, 2.75) is 0 Å². The maximum Gasteiger partial charge on any atom is 0.288 e. The number of hydrogen-bond acceptors (Lipinski definition) is 6. The Hall–Kier alpha value is -3.45. The van der Waals surface area contributed by atoms with E-state index in [9.17, 15) is 4.79 Å². The average molecular weight is 404 g/mol. The molecule has 3 aromatic heterocycles. The molecule has 4 aromatic rings. The number of nitrogens with zero attached hydrogens (tertiary/aromatic N) is 4. The minimum atomic E-state index is -0.122. The second-order valence-electron chi connectivity index (χ2n) is 6.41. The molecule has 1 aromatic carbocycles. The van der Waals surface area contributed by atoms with Gasteiger partial charge in [-0.05, 0) is 53.9 Å². The van der Waals surface area contributed by atoms with Gasteiger partial charge in [0.2, 0.25) is 0 Å². The maximum absolute atomic E-state index is 12.4. The lowest BCUT2D eigenvalue weighted by Gasteiger charge is -2.18.